The molecule has 2 aromatic carbocycles. The van der Waals surface area contributed by atoms with Gasteiger partial charge in [0, 0.05) is 19.5 Å². The lowest BCUT2D eigenvalue weighted by Gasteiger charge is -2.19. The van der Waals surface area contributed by atoms with Crippen LogP contribution in [0, 0.1) is 17.7 Å². The molecule has 10 nitrogen and oxygen atoms in total. The Hall–Kier alpha value is -4.03. The third-order valence-electron chi connectivity index (χ3n) is 6.63. The molecule has 0 aliphatic carbocycles. The van der Waals surface area contributed by atoms with Crippen molar-refractivity contribution in [3.63, 3.8) is 0 Å². The highest BCUT2D eigenvalue weighted by atomic mass is 35.5. The summed E-state index contributed by atoms with van der Waals surface area (Å²) >= 11 is 5.99. The molecule has 0 radical (unpaired) electrons. The van der Waals surface area contributed by atoms with Crippen LogP contribution in [-0.2, 0) is 26.1 Å². The molecule has 0 fully saturated rings. The van der Waals surface area contributed by atoms with Crippen LogP contribution >= 0.6 is 11.6 Å². The van der Waals surface area contributed by atoms with Crippen LogP contribution < -0.4 is 15.6 Å². The molecule has 1 aromatic heterocycles. The number of rotatable bonds is 11. The predicted octanol–water partition coefficient (Wildman–Crippen LogP) is 4.11. The van der Waals surface area contributed by atoms with E-state index in [9.17, 15) is 22.4 Å². The molecule has 3 rings (SSSR count). The zero-order valence-corrected chi connectivity index (χ0v) is 24.8. The van der Waals surface area contributed by atoms with Crippen LogP contribution in [0.4, 0.5) is 4.39 Å². The van der Waals surface area contributed by atoms with Crippen LogP contribution in [0.3, 0.4) is 0 Å². The molecule has 0 spiro atoms. The van der Waals surface area contributed by atoms with Crippen LogP contribution in [0.2, 0.25) is 5.02 Å². The minimum absolute atomic E-state index is 0.0684. The molecule has 1 heterocycles. The first-order valence-corrected chi connectivity index (χ1v) is 14.3. The zero-order valence-electron chi connectivity index (χ0n) is 23.2. The fraction of sp³-hybridized carbons (Fsp3) is 0.286. The van der Waals surface area contributed by atoms with Crippen LogP contribution in [0.5, 0.6) is 0 Å². The summed E-state index contributed by atoms with van der Waals surface area (Å²) < 4.78 is 48.8. The molecule has 3 aromatic rings. The Labute approximate surface area is 242 Å². The molecule has 218 valence electrons. The highest BCUT2D eigenvalue weighted by Crippen LogP contribution is 2.25. The number of nitrogens with zero attached hydrogens (tertiary/aromatic N) is 3. The number of amides is 1. The highest BCUT2D eigenvalue weighted by molar-refractivity contribution is 7.89. The number of aliphatic imine (C=N–C) groups is 1. The second-order valence-electron chi connectivity index (χ2n) is 9.40. The third-order valence-corrected chi connectivity index (χ3v) is 8.48. The standard InChI is InChI=1S/C28H31ClFN5O5S/c1-16(11-24(27(32-5)40-6)34-41(38,39)25-10-8-20(30)13-22(25)29)19-7-9-23-21(12-19)28(37)35(15-33-23)14-17(2)18(3)26(36)31-4/h7-13,15,17-18,34H,5,14H2,1-4,6H3,(H,31,36)/b16-11+,27-24-/t17-,18+/m1/s1. The molecule has 2 N–H and O–H groups in total. The van der Waals surface area contributed by atoms with E-state index in [-0.39, 0.29) is 51.3 Å². The molecule has 0 saturated carbocycles. The molecule has 0 aliphatic rings. The summed E-state index contributed by atoms with van der Waals surface area (Å²) in [5.41, 5.74) is 1.26. The highest BCUT2D eigenvalue weighted by Gasteiger charge is 2.22. The van der Waals surface area contributed by atoms with Gasteiger partial charge in [-0.05, 0) is 67.1 Å². The molecule has 0 bridgehead atoms. The number of fused-ring (bicyclic) bond motifs is 1. The van der Waals surface area contributed by atoms with Gasteiger partial charge in [0.25, 0.3) is 15.6 Å². The summed E-state index contributed by atoms with van der Waals surface area (Å²) in [6.45, 7) is 9.11. The van der Waals surface area contributed by atoms with E-state index in [0.29, 0.717) is 22.0 Å². The summed E-state index contributed by atoms with van der Waals surface area (Å²) in [4.78, 5) is 33.2. The Balaban J connectivity index is 2.03. The monoisotopic (exact) mass is 603 g/mol. The first-order chi connectivity index (χ1) is 19.3. The molecule has 0 aliphatic heterocycles. The lowest BCUT2D eigenvalue weighted by Crippen LogP contribution is -2.33. The molecule has 0 unspecified atom stereocenters. The van der Waals surface area contributed by atoms with Crippen LogP contribution in [0.15, 0.2) is 75.1 Å². The number of hydrogen-bond donors (Lipinski definition) is 2. The Morgan fingerprint density at radius 1 is 1.27 bits per heavy atom. The smallest absolute Gasteiger partial charge is 0.263 e. The van der Waals surface area contributed by atoms with Gasteiger partial charge in [-0.25, -0.2) is 22.8 Å². The maximum atomic E-state index is 13.5. The van der Waals surface area contributed by atoms with Gasteiger partial charge >= 0.3 is 0 Å². The maximum absolute atomic E-state index is 13.5. The Bertz CT molecular complexity index is 1720. The van der Waals surface area contributed by atoms with Crippen molar-refractivity contribution >= 4 is 50.7 Å². The van der Waals surface area contributed by atoms with Crippen molar-refractivity contribution in [1.82, 2.24) is 19.6 Å². The topological polar surface area (TPSA) is 132 Å². The molecular weight excluding hydrogens is 573 g/mol. The second-order valence-corrected chi connectivity index (χ2v) is 11.5. The van der Waals surface area contributed by atoms with Crippen LogP contribution in [-0.4, -0.2) is 44.8 Å². The largest absolute Gasteiger partial charge is 0.480 e. The molecule has 0 saturated heterocycles. The molecular formula is C28H31ClFN5O5S. The zero-order chi connectivity index (χ0) is 30.5. The summed E-state index contributed by atoms with van der Waals surface area (Å²) in [6, 6.07) is 7.97. The number of benzene rings is 2. The van der Waals surface area contributed by atoms with Gasteiger partial charge in [-0.3, -0.25) is 18.9 Å². The fourth-order valence-corrected chi connectivity index (χ4v) is 5.66. The number of methoxy groups -OCH3 is 1. The van der Waals surface area contributed by atoms with Gasteiger partial charge in [0.1, 0.15) is 16.4 Å². The van der Waals surface area contributed by atoms with E-state index in [0.717, 1.165) is 18.2 Å². The van der Waals surface area contributed by atoms with Crippen LogP contribution in [0.1, 0.15) is 26.3 Å². The number of aromatic nitrogens is 2. The number of allylic oxidation sites excluding steroid dienone is 2. The normalized spacial score (nSPS) is 14.2. The number of carbonyl (C=O) groups is 1. The summed E-state index contributed by atoms with van der Waals surface area (Å²) in [5.74, 6) is -1.38. The van der Waals surface area contributed by atoms with Gasteiger partial charge < -0.3 is 10.1 Å². The van der Waals surface area contributed by atoms with Gasteiger partial charge in [0.15, 0.2) is 0 Å². The van der Waals surface area contributed by atoms with Crippen molar-refractivity contribution in [2.45, 2.75) is 32.2 Å². The van der Waals surface area contributed by atoms with Crippen molar-refractivity contribution in [3.05, 3.63) is 87.1 Å². The van der Waals surface area contributed by atoms with E-state index < -0.39 is 15.8 Å². The number of ether oxygens (including phenoxy) is 1. The van der Waals surface area contributed by atoms with Gasteiger partial charge in [-0.1, -0.05) is 31.5 Å². The van der Waals surface area contributed by atoms with E-state index >= 15 is 0 Å². The average molecular weight is 604 g/mol. The number of nitrogens with one attached hydrogen (secondary N) is 2. The lowest BCUT2D eigenvalue weighted by atomic mass is 9.95. The van der Waals surface area contributed by atoms with Gasteiger partial charge in [-0.15, -0.1) is 0 Å². The first kappa shape index (κ1) is 31.5. The summed E-state index contributed by atoms with van der Waals surface area (Å²) in [5, 5.41) is 2.66. The van der Waals surface area contributed by atoms with Gasteiger partial charge in [-0.2, -0.15) is 0 Å². The van der Waals surface area contributed by atoms with E-state index in [4.69, 9.17) is 16.3 Å². The van der Waals surface area contributed by atoms with Gasteiger partial charge in [0.05, 0.1) is 29.4 Å². The Morgan fingerprint density at radius 3 is 2.59 bits per heavy atom. The minimum atomic E-state index is -4.28. The number of sulfonamides is 1. The fourth-order valence-electron chi connectivity index (χ4n) is 4.08. The van der Waals surface area contributed by atoms with Crippen molar-refractivity contribution in [1.29, 1.82) is 0 Å². The molecule has 1 amide bonds. The van der Waals surface area contributed by atoms with E-state index in [1.165, 1.54) is 24.1 Å². The maximum Gasteiger partial charge on any atom is 0.263 e. The van der Waals surface area contributed by atoms with E-state index in [1.807, 2.05) is 6.92 Å². The molecule has 13 heteroatoms. The minimum Gasteiger partial charge on any atom is -0.480 e. The molecule has 2 atom stereocenters. The Kier molecular flexibility index (Phi) is 10.1. The van der Waals surface area contributed by atoms with Crippen LogP contribution in [0.25, 0.3) is 16.5 Å². The Morgan fingerprint density at radius 2 is 1.98 bits per heavy atom. The number of halogens is 2. The SMILES string of the molecule is C=N/C(OC)=C(\C=C(/C)c1ccc2ncn(C[C@@H](C)[C@H](C)C(=O)NC)c(=O)c2c1)NS(=O)(=O)c1ccc(F)cc1Cl. The average Bonchev–Trinajstić information content (AvgIpc) is 2.93. The van der Waals surface area contributed by atoms with Crippen molar-refractivity contribution < 1.29 is 22.3 Å². The first-order valence-electron chi connectivity index (χ1n) is 12.4. The quantitative estimate of drug-likeness (QED) is 0.193. The summed E-state index contributed by atoms with van der Waals surface area (Å²) in [6.07, 6.45) is 2.92. The van der Waals surface area contributed by atoms with Crippen molar-refractivity contribution in [2.75, 3.05) is 14.2 Å². The molecule has 41 heavy (non-hydrogen) atoms. The third kappa shape index (κ3) is 7.19. The lowest BCUT2D eigenvalue weighted by molar-refractivity contribution is -0.125. The number of carbonyl (C=O) groups excluding carboxylic acids is 1. The van der Waals surface area contributed by atoms with Gasteiger partial charge in [0.2, 0.25) is 11.8 Å². The van der Waals surface area contributed by atoms with E-state index in [1.54, 1.807) is 39.1 Å². The van der Waals surface area contributed by atoms with Crippen molar-refractivity contribution in [3.8, 4) is 0 Å². The second kappa shape index (κ2) is 13.1. The predicted molar refractivity (Wildman–Crippen MR) is 157 cm³/mol. The van der Waals surface area contributed by atoms with E-state index in [2.05, 4.69) is 26.7 Å². The summed E-state index contributed by atoms with van der Waals surface area (Å²) in [7, 11) is -1.42. The van der Waals surface area contributed by atoms with Crippen molar-refractivity contribution in [2.24, 2.45) is 16.8 Å². The number of hydrogen-bond acceptors (Lipinski definition) is 7.